The Morgan fingerprint density at radius 2 is 1.73 bits per heavy atom. The van der Waals surface area contributed by atoms with Gasteiger partial charge in [0.25, 0.3) is 0 Å². The molecular weight excluding hydrogens is 184 g/mol. The molecule has 0 bridgehead atoms. The third kappa shape index (κ3) is 6.16. The van der Waals surface area contributed by atoms with Crippen molar-refractivity contribution in [2.75, 3.05) is 0 Å². The molecule has 1 nitrogen and oxygen atoms in total. The minimum Gasteiger partial charge on any atom is -0.508 e. The molecular formula is C14H24O. The highest BCUT2D eigenvalue weighted by Crippen LogP contribution is 2.17. The zero-order valence-corrected chi connectivity index (χ0v) is 10.5. The summed E-state index contributed by atoms with van der Waals surface area (Å²) >= 11 is 0. The maximum absolute atomic E-state index is 9.27. The number of benzene rings is 1. The van der Waals surface area contributed by atoms with Gasteiger partial charge in [0.05, 0.1) is 0 Å². The van der Waals surface area contributed by atoms with Crippen LogP contribution in [0.25, 0.3) is 0 Å². The second-order valence-electron chi connectivity index (χ2n) is 3.93. The second kappa shape index (κ2) is 8.34. The Bertz CT molecular complexity index is 266. The van der Waals surface area contributed by atoms with E-state index in [1.165, 1.54) is 24.8 Å². The predicted molar refractivity (Wildman–Crippen MR) is 67.4 cm³/mol. The first kappa shape index (κ1) is 14.0. The maximum Gasteiger partial charge on any atom is 0.118 e. The highest BCUT2D eigenvalue weighted by molar-refractivity contribution is 5.34. The molecule has 1 rings (SSSR count). The summed E-state index contributed by atoms with van der Waals surface area (Å²) in [7, 11) is 0. The number of hydrogen-bond acceptors (Lipinski definition) is 1. The molecule has 0 unspecified atom stereocenters. The van der Waals surface area contributed by atoms with Gasteiger partial charge in [-0.3, -0.25) is 0 Å². The van der Waals surface area contributed by atoms with Gasteiger partial charge in [-0.1, -0.05) is 45.7 Å². The molecule has 1 N–H and O–H groups in total. The fraction of sp³-hybridized carbons (Fsp3) is 0.571. The molecule has 0 aliphatic carbocycles. The highest BCUT2D eigenvalue weighted by atomic mass is 16.3. The Kier molecular flexibility index (Phi) is 7.79. The largest absolute Gasteiger partial charge is 0.508 e. The van der Waals surface area contributed by atoms with Crippen LogP contribution < -0.4 is 0 Å². The van der Waals surface area contributed by atoms with Crippen molar-refractivity contribution in [3.05, 3.63) is 29.3 Å². The molecule has 0 spiro atoms. The van der Waals surface area contributed by atoms with E-state index >= 15 is 0 Å². The normalized spacial score (nSPS) is 9.33. The lowest BCUT2D eigenvalue weighted by atomic mass is 10.1. The van der Waals surface area contributed by atoms with Crippen LogP contribution in [0.4, 0.5) is 0 Å². The fourth-order valence-corrected chi connectivity index (χ4v) is 1.25. The molecule has 86 valence electrons. The SMILES string of the molecule is CCC.CCCCc1ccc(O)c(C)c1. The quantitative estimate of drug-likeness (QED) is 0.777. The molecule has 1 aromatic rings. The Morgan fingerprint density at radius 1 is 1.13 bits per heavy atom. The van der Waals surface area contributed by atoms with Gasteiger partial charge in [0.2, 0.25) is 0 Å². The van der Waals surface area contributed by atoms with Crippen LogP contribution in [-0.4, -0.2) is 5.11 Å². The molecule has 1 aromatic carbocycles. The Labute approximate surface area is 94.2 Å². The molecule has 0 saturated heterocycles. The number of aromatic hydroxyl groups is 1. The summed E-state index contributed by atoms with van der Waals surface area (Å²) in [5, 5.41) is 9.27. The molecule has 1 heteroatoms. The van der Waals surface area contributed by atoms with E-state index in [9.17, 15) is 5.11 Å². The summed E-state index contributed by atoms with van der Waals surface area (Å²) in [5.74, 6) is 0.398. The topological polar surface area (TPSA) is 20.2 Å². The van der Waals surface area contributed by atoms with Gasteiger partial charge in [-0.25, -0.2) is 0 Å². The molecule has 15 heavy (non-hydrogen) atoms. The van der Waals surface area contributed by atoms with Gasteiger partial charge in [-0.2, -0.15) is 0 Å². The molecule has 0 radical (unpaired) electrons. The van der Waals surface area contributed by atoms with E-state index in [0.717, 1.165) is 12.0 Å². The lowest BCUT2D eigenvalue weighted by Crippen LogP contribution is -1.85. The van der Waals surface area contributed by atoms with Crippen molar-refractivity contribution in [1.29, 1.82) is 0 Å². The van der Waals surface area contributed by atoms with Crippen molar-refractivity contribution in [2.24, 2.45) is 0 Å². The van der Waals surface area contributed by atoms with E-state index < -0.39 is 0 Å². The predicted octanol–water partition coefficient (Wildman–Crippen LogP) is 4.46. The lowest BCUT2D eigenvalue weighted by molar-refractivity contribution is 0.471. The van der Waals surface area contributed by atoms with Crippen LogP contribution in [-0.2, 0) is 6.42 Å². The fourth-order valence-electron chi connectivity index (χ4n) is 1.25. The van der Waals surface area contributed by atoms with E-state index in [1.54, 1.807) is 6.07 Å². The van der Waals surface area contributed by atoms with Crippen LogP contribution in [0.15, 0.2) is 18.2 Å². The van der Waals surface area contributed by atoms with Crippen LogP contribution >= 0.6 is 0 Å². The number of rotatable bonds is 3. The third-order valence-electron chi connectivity index (χ3n) is 2.08. The van der Waals surface area contributed by atoms with Crippen molar-refractivity contribution in [1.82, 2.24) is 0 Å². The summed E-state index contributed by atoms with van der Waals surface area (Å²) in [6.07, 6.45) is 4.82. The van der Waals surface area contributed by atoms with Gasteiger partial charge < -0.3 is 5.11 Å². The standard InChI is InChI=1S/C11H16O.C3H8/c1-3-4-5-10-6-7-11(12)9(2)8-10;1-3-2/h6-8,12H,3-5H2,1-2H3;3H2,1-2H3. The summed E-state index contributed by atoms with van der Waals surface area (Å²) in [6, 6.07) is 5.84. The zero-order chi connectivity index (χ0) is 11.7. The van der Waals surface area contributed by atoms with E-state index in [2.05, 4.69) is 26.8 Å². The van der Waals surface area contributed by atoms with Crippen LogP contribution in [0.2, 0.25) is 0 Å². The van der Waals surface area contributed by atoms with Gasteiger partial charge >= 0.3 is 0 Å². The second-order valence-corrected chi connectivity index (χ2v) is 3.93. The summed E-state index contributed by atoms with van der Waals surface area (Å²) in [5.41, 5.74) is 2.30. The van der Waals surface area contributed by atoms with Crippen molar-refractivity contribution in [2.45, 2.75) is 53.4 Å². The van der Waals surface area contributed by atoms with E-state index in [0.29, 0.717) is 5.75 Å². The summed E-state index contributed by atoms with van der Waals surface area (Å²) in [4.78, 5) is 0. The minimum atomic E-state index is 0.398. The van der Waals surface area contributed by atoms with Crippen LogP contribution in [0.1, 0.15) is 51.2 Å². The first-order chi connectivity index (χ1) is 7.15. The van der Waals surface area contributed by atoms with Gasteiger partial charge in [-0.05, 0) is 37.0 Å². The summed E-state index contributed by atoms with van der Waals surface area (Å²) in [6.45, 7) is 8.37. The average Bonchev–Trinajstić information content (AvgIpc) is 2.21. The van der Waals surface area contributed by atoms with Crippen LogP contribution in [0, 0.1) is 6.92 Å². The molecule has 0 aliphatic heterocycles. The Hall–Kier alpha value is -0.980. The van der Waals surface area contributed by atoms with Crippen LogP contribution in [0.5, 0.6) is 5.75 Å². The first-order valence-electron chi connectivity index (χ1n) is 5.94. The van der Waals surface area contributed by atoms with Crippen LogP contribution in [0.3, 0.4) is 0 Å². The van der Waals surface area contributed by atoms with Gasteiger partial charge in [0.15, 0.2) is 0 Å². The maximum atomic E-state index is 9.27. The number of aryl methyl sites for hydroxylation is 2. The zero-order valence-electron chi connectivity index (χ0n) is 10.5. The van der Waals surface area contributed by atoms with E-state index in [1.807, 2.05) is 13.0 Å². The third-order valence-corrected chi connectivity index (χ3v) is 2.08. The number of phenols is 1. The Morgan fingerprint density at radius 3 is 2.20 bits per heavy atom. The molecule has 0 saturated carbocycles. The molecule has 0 fully saturated rings. The summed E-state index contributed by atoms with van der Waals surface area (Å²) < 4.78 is 0. The first-order valence-corrected chi connectivity index (χ1v) is 5.94. The average molecular weight is 208 g/mol. The number of hydrogen-bond donors (Lipinski definition) is 1. The van der Waals surface area contributed by atoms with E-state index in [-0.39, 0.29) is 0 Å². The van der Waals surface area contributed by atoms with Crippen molar-refractivity contribution < 1.29 is 5.11 Å². The van der Waals surface area contributed by atoms with Crippen molar-refractivity contribution in [3.63, 3.8) is 0 Å². The van der Waals surface area contributed by atoms with Gasteiger partial charge in [-0.15, -0.1) is 0 Å². The Balaban J connectivity index is 0.000000583. The molecule has 0 amide bonds. The smallest absolute Gasteiger partial charge is 0.118 e. The van der Waals surface area contributed by atoms with E-state index in [4.69, 9.17) is 0 Å². The van der Waals surface area contributed by atoms with Gasteiger partial charge in [0, 0.05) is 0 Å². The number of phenolic OH excluding ortho intramolecular Hbond substituents is 1. The van der Waals surface area contributed by atoms with Gasteiger partial charge in [0.1, 0.15) is 5.75 Å². The molecule has 0 heterocycles. The highest BCUT2D eigenvalue weighted by Gasteiger charge is 1.96. The van der Waals surface area contributed by atoms with Crippen molar-refractivity contribution in [3.8, 4) is 5.75 Å². The minimum absolute atomic E-state index is 0.398. The number of unbranched alkanes of at least 4 members (excludes halogenated alkanes) is 1. The monoisotopic (exact) mass is 208 g/mol. The molecule has 0 atom stereocenters. The lowest BCUT2D eigenvalue weighted by Gasteiger charge is -2.02. The molecule has 0 aliphatic rings. The van der Waals surface area contributed by atoms with Crippen molar-refractivity contribution >= 4 is 0 Å². The molecule has 0 aromatic heterocycles.